The normalized spacial score (nSPS) is 20.7. The highest BCUT2D eigenvalue weighted by Gasteiger charge is 2.36. The van der Waals surface area contributed by atoms with Crippen LogP contribution in [0.25, 0.3) is 0 Å². The minimum atomic E-state index is -1.09. The molecule has 0 aromatic heterocycles. The van der Waals surface area contributed by atoms with Gasteiger partial charge in [0.1, 0.15) is 0 Å². The first-order valence-corrected chi connectivity index (χ1v) is 7.60. The molecule has 1 fully saturated rings. The molecule has 23 heavy (non-hydrogen) atoms. The number of carbonyl (C=O) groups is 1. The molecular weight excluding hydrogens is 298 g/mol. The van der Waals surface area contributed by atoms with Gasteiger partial charge in [-0.1, -0.05) is 36.4 Å². The zero-order chi connectivity index (χ0) is 16.4. The maximum atomic E-state index is 13.9. The van der Waals surface area contributed by atoms with Crippen LogP contribution in [-0.4, -0.2) is 30.4 Å². The Hall–Kier alpha value is -2.27. The maximum absolute atomic E-state index is 13.9. The summed E-state index contributed by atoms with van der Waals surface area (Å²) >= 11 is 0. The number of halogens is 2. The van der Waals surface area contributed by atoms with Gasteiger partial charge in [-0.05, 0) is 30.2 Å². The van der Waals surface area contributed by atoms with Crippen molar-refractivity contribution in [2.45, 2.75) is 5.92 Å². The van der Waals surface area contributed by atoms with E-state index in [9.17, 15) is 13.6 Å². The number of rotatable bonds is 3. The molecular formula is C18H18F2N2O. The molecule has 0 spiro atoms. The van der Waals surface area contributed by atoms with E-state index < -0.39 is 17.5 Å². The van der Waals surface area contributed by atoms with Gasteiger partial charge in [0, 0.05) is 19.0 Å². The van der Waals surface area contributed by atoms with Crippen LogP contribution in [0.5, 0.6) is 0 Å². The Bertz CT molecular complexity index is 705. The highest BCUT2D eigenvalue weighted by molar-refractivity contribution is 5.94. The molecule has 1 aliphatic heterocycles. The fourth-order valence-corrected chi connectivity index (χ4v) is 3.19. The quantitative estimate of drug-likeness (QED) is 0.946. The lowest BCUT2D eigenvalue weighted by atomic mass is 9.89. The van der Waals surface area contributed by atoms with Crippen LogP contribution in [0, 0.1) is 17.6 Å². The molecule has 1 aliphatic rings. The van der Waals surface area contributed by atoms with Gasteiger partial charge in [-0.3, -0.25) is 4.79 Å². The molecule has 1 saturated heterocycles. The lowest BCUT2D eigenvalue weighted by Gasteiger charge is -2.17. The third-order valence-corrected chi connectivity index (χ3v) is 4.44. The Morgan fingerprint density at radius 2 is 1.83 bits per heavy atom. The van der Waals surface area contributed by atoms with E-state index in [1.807, 2.05) is 30.3 Å². The molecule has 5 heteroatoms. The molecule has 3 rings (SSSR count). The van der Waals surface area contributed by atoms with Gasteiger partial charge in [-0.15, -0.1) is 0 Å². The first-order chi connectivity index (χ1) is 11.1. The summed E-state index contributed by atoms with van der Waals surface area (Å²) in [6, 6.07) is 13.5. The summed E-state index contributed by atoms with van der Waals surface area (Å²) in [5, 5.41) is 0. The van der Waals surface area contributed by atoms with Gasteiger partial charge in [-0.2, -0.15) is 0 Å². The Morgan fingerprint density at radius 3 is 2.52 bits per heavy atom. The molecule has 0 bridgehead atoms. The minimum absolute atomic E-state index is 0.109. The summed E-state index contributed by atoms with van der Waals surface area (Å²) in [6.45, 7) is 1.35. The molecule has 0 aliphatic carbocycles. The van der Waals surface area contributed by atoms with Gasteiger partial charge >= 0.3 is 0 Å². The Labute approximate surface area is 133 Å². The van der Waals surface area contributed by atoms with Gasteiger partial charge in [0.15, 0.2) is 11.6 Å². The van der Waals surface area contributed by atoms with Gasteiger partial charge in [0.2, 0.25) is 0 Å². The van der Waals surface area contributed by atoms with Crippen LogP contribution >= 0.6 is 0 Å². The minimum Gasteiger partial charge on any atom is -0.338 e. The summed E-state index contributed by atoms with van der Waals surface area (Å²) < 4.78 is 27.2. The summed E-state index contributed by atoms with van der Waals surface area (Å²) in [4.78, 5) is 14.1. The van der Waals surface area contributed by atoms with Gasteiger partial charge < -0.3 is 10.6 Å². The van der Waals surface area contributed by atoms with Crippen LogP contribution in [0.3, 0.4) is 0 Å². The van der Waals surface area contributed by atoms with Crippen molar-refractivity contribution in [3.8, 4) is 0 Å². The van der Waals surface area contributed by atoms with Crippen LogP contribution in [0.1, 0.15) is 21.8 Å². The fourth-order valence-electron chi connectivity index (χ4n) is 3.19. The molecule has 1 heterocycles. The first kappa shape index (κ1) is 15.6. The number of hydrogen-bond acceptors (Lipinski definition) is 2. The maximum Gasteiger partial charge on any atom is 0.256 e. The van der Waals surface area contributed by atoms with E-state index in [4.69, 9.17) is 5.73 Å². The van der Waals surface area contributed by atoms with E-state index in [-0.39, 0.29) is 17.4 Å². The zero-order valence-electron chi connectivity index (χ0n) is 12.6. The molecule has 2 N–H and O–H groups in total. The Kier molecular flexibility index (Phi) is 4.39. The fraction of sp³-hybridized carbons (Fsp3) is 0.278. The highest BCUT2D eigenvalue weighted by atomic mass is 19.2. The Balaban J connectivity index is 1.85. The predicted octanol–water partition coefficient (Wildman–Crippen LogP) is 2.78. The third kappa shape index (κ3) is 2.97. The van der Waals surface area contributed by atoms with Crippen molar-refractivity contribution < 1.29 is 13.6 Å². The second kappa shape index (κ2) is 6.46. The number of nitrogens with two attached hydrogens (primary N) is 1. The number of likely N-dealkylation sites (tertiary alicyclic amines) is 1. The standard InChI is InChI=1S/C18H18F2N2O/c19-16-8-4-7-14(17(16)20)18(23)22-10-13(9-21)15(11-22)12-5-2-1-3-6-12/h1-8,13,15H,9-11,21H2/t13-,15+/m1/s1. The Morgan fingerprint density at radius 1 is 1.09 bits per heavy atom. The van der Waals surface area contributed by atoms with Crippen LogP contribution < -0.4 is 5.73 Å². The van der Waals surface area contributed by atoms with E-state index in [1.165, 1.54) is 12.1 Å². The summed E-state index contributed by atoms with van der Waals surface area (Å²) in [5.41, 5.74) is 6.73. The van der Waals surface area contributed by atoms with E-state index in [0.29, 0.717) is 19.6 Å². The molecule has 3 nitrogen and oxygen atoms in total. The van der Waals surface area contributed by atoms with E-state index in [2.05, 4.69) is 0 Å². The molecule has 0 saturated carbocycles. The van der Waals surface area contributed by atoms with Crippen LogP contribution in [0.15, 0.2) is 48.5 Å². The molecule has 2 aromatic carbocycles. The van der Waals surface area contributed by atoms with Crippen LogP contribution in [-0.2, 0) is 0 Å². The summed E-state index contributed by atoms with van der Waals surface area (Å²) in [7, 11) is 0. The monoisotopic (exact) mass is 316 g/mol. The topological polar surface area (TPSA) is 46.3 Å². The van der Waals surface area contributed by atoms with E-state index in [0.717, 1.165) is 11.6 Å². The van der Waals surface area contributed by atoms with Crippen LogP contribution in [0.4, 0.5) is 8.78 Å². The second-order valence-electron chi connectivity index (χ2n) is 5.82. The first-order valence-electron chi connectivity index (χ1n) is 7.60. The average molecular weight is 316 g/mol. The van der Waals surface area contributed by atoms with Gasteiger partial charge in [0.05, 0.1) is 5.56 Å². The summed E-state index contributed by atoms with van der Waals surface area (Å²) in [5.74, 6) is -2.37. The number of carbonyl (C=O) groups excluding carboxylic acids is 1. The largest absolute Gasteiger partial charge is 0.338 e. The number of hydrogen-bond donors (Lipinski definition) is 1. The third-order valence-electron chi connectivity index (χ3n) is 4.44. The van der Waals surface area contributed by atoms with Crippen LogP contribution in [0.2, 0.25) is 0 Å². The molecule has 0 radical (unpaired) electrons. The highest BCUT2D eigenvalue weighted by Crippen LogP contribution is 2.33. The lowest BCUT2D eigenvalue weighted by molar-refractivity contribution is 0.0780. The number of benzene rings is 2. The van der Waals surface area contributed by atoms with Crippen molar-refractivity contribution in [1.29, 1.82) is 0 Å². The second-order valence-corrected chi connectivity index (χ2v) is 5.82. The van der Waals surface area contributed by atoms with Crippen molar-refractivity contribution in [2.75, 3.05) is 19.6 Å². The van der Waals surface area contributed by atoms with Gasteiger partial charge in [-0.25, -0.2) is 8.78 Å². The molecule has 1 amide bonds. The molecule has 120 valence electrons. The summed E-state index contributed by atoms with van der Waals surface area (Å²) in [6.07, 6.45) is 0. The van der Waals surface area contributed by atoms with Gasteiger partial charge in [0.25, 0.3) is 5.91 Å². The molecule has 2 atom stereocenters. The molecule has 0 unspecified atom stereocenters. The van der Waals surface area contributed by atoms with Crippen molar-refractivity contribution in [2.24, 2.45) is 11.7 Å². The van der Waals surface area contributed by atoms with Crippen molar-refractivity contribution in [3.63, 3.8) is 0 Å². The van der Waals surface area contributed by atoms with E-state index >= 15 is 0 Å². The zero-order valence-corrected chi connectivity index (χ0v) is 12.6. The average Bonchev–Trinajstić information content (AvgIpc) is 3.02. The number of nitrogens with zero attached hydrogens (tertiary/aromatic N) is 1. The molecule has 2 aromatic rings. The predicted molar refractivity (Wildman–Crippen MR) is 84.0 cm³/mol. The SMILES string of the molecule is NC[C@@H]1CN(C(=O)c2cccc(F)c2F)C[C@H]1c1ccccc1. The smallest absolute Gasteiger partial charge is 0.256 e. The van der Waals surface area contributed by atoms with E-state index in [1.54, 1.807) is 4.90 Å². The van der Waals surface area contributed by atoms with Crippen molar-refractivity contribution in [3.05, 3.63) is 71.3 Å². The number of amides is 1. The lowest BCUT2D eigenvalue weighted by Crippen LogP contribution is -2.30. The van der Waals surface area contributed by atoms with Crippen molar-refractivity contribution >= 4 is 5.91 Å². The van der Waals surface area contributed by atoms with Crippen molar-refractivity contribution in [1.82, 2.24) is 4.90 Å².